The van der Waals surface area contributed by atoms with Crippen molar-refractivity contribution in [1.29, 1.82) is 0 Å². The molecule has 1 aromatic carbocycles. The Labute approximate surface area is 146 Å². The maximum Gasteiger partial charge on any atom is 0.373 e. The first kappa shape index (κ1) is 18.6. The van der Waals surface area contributed by atoms with E-state index in [0.29, 0.717) is 11.5 Å². The van der Waals surface area contributed by atoms with Crippen LogP contribution in [0.15, 0.2) is 40.8 Å². The summed E-state index contributed by atoms with van der Waals surface area (Å²) in [5.41, 5.74) is 0.796. The van der Waals surface area contributed by atoms with E-state index in [4.69, 9.17) is 13.9 Å². The van der Waals surface area contributed by atoms with Crippen molar-refractivity contribution in [3.05, 3.63) is 53.5 Å². The highest BCUT2D eigenvalue weighted by atomic mass is 16.6. The second-order valence-corrected chi connectivity index (χ2v) is 5.82. The fraction of sp³-hybridized carbons (Fsp3) is 0.368. The zero-order chi connectivity index (χ0) is 18.4. The first-order valence-electron chi connectivity index (χ1n) is 8.02. The maximum atomic E-state index is 12.1. The molecule has 1 aromatic heterocycles. The van der Waals surface area contributed by atoms with Gasteiger partial charge in [0.2, 0.25) is 5.76 Å². The number of carbonyl (C=O) groups is 2. The third-order valence-corrected chi connectivity index (χ3v) is 3.34. The normalized spacial score (nSPS) is 11.9. The zero-order valence-electron chi connectivity index (χ0n) is 14.8. The van der Waals surface area contributed by atoms with Crippen LogP contribution in [-0.4, -0.2) is 25.2 Å². The molecule has 1 atom stereocenters. The zero-order valence-corrected chi connectivity index (χ0v) is 14.8. The third kappa shape index (κ3) is 5.38. The highest BCUT2D eigenvalue weighted by Crippen LogP contribution is 2.22. The van der Waals surface area contributed by atoms with E-state index < -0.39 is 18.0 Å². The lowest BCUT2D eigenvalue weighted by Crippen LogP contribution is -2.11. The van der Waals surface area contributed by atoms with Gasteiger partial charge in [0.25, 0.3) is 0 Å². The lowest BCUT2D eigenvalue weighted by molar-refractivity contribution is -0.148. The standard InChI is InChI=1S/C19H22O6/c1-12(2)23-15-7-5-6-14(10-15)11-18(20)24-13(3)16-8-9-17(25-16)19(21)22-4/h5-10,12-13H,11H2,1-4H3. The predicted molar refractivity (Wildman–Crippen MR) is 90.5 cm³/mol. The van der Waals surface area contributed by atoms with Gasteiger partial charge in [-0.25, -0.2) is 4.79 Å². The van der Waals surface area contributed by atoms with E-state index in [9.17, 15) is 9.59 Å². The van der Waals surface area contributed by atoms with Gasteiger partial charge in [0.1, 0.15) is 11.5 Å². The molecule has 0 spiro atoms. The highest BCUT2D eigenvalue weighted by molar-refractivity contribution is 5.86. The van der Waals surface area contributed by atoms with Crippen LogP contribution in [0.1, 0.15) is 48.8 Å². The summed E-state index contributed by atoms with van der Waals surface area (Å²) >= 11 is 0. The molecule has 0 N–H and O–H groups in total. The summed E-state index contributed by atoms with van der Waals surface area (Å²) in [6.07, 6.45) is -0.435. The van der Waals surface area contributed by atoms with Gasteiger partial charge in [-0.1, -0.05) is 12.1 Å². The molecular formula is C19H22O6. The molecule has 1 heterocycles. The molecule has 6 nitrogen and oxygen atoms in total. The second-order valence-electron chi connectivity index (χ2n) is 5.82. The minimum absolute atomic E-state index is 0.0604. The Bertz CT molecular complexity index is 731. The summed E-state index contributed by atoms with van der Waals surface area (Å²) in [4.78, 5) is 23.5. The monoisotopic (exact) mass is 346 g/mol. The second kappa shape index (κ2) is 8.37. The molecule has 25 heavy (non-hydrogen) atoms. The van der Waals surface area contributed by atoms with Crippen LogP contribution in [0.2, 0.25) is 0 Å². The average Bonchev–Trinajstić information content (AvgIpc) is 3.03. The van der Waals surface area contributed by atoms with Gasteiger partial charge in [0.15, 0.2) is 6.10 Å². The van der Waals surface area contributed by atoms with Crippen LogP contribution >= 0.6 is 0 Å². The van der Waals surface area contributed by atoms with Gasteiger partial charge < -0.3 is 18.6 Å². The molecule has 0 amide bonds. The smallest absolute Gasteiger partial charge is 0.373 e. The Morgan fingerprint density at radius 1 is 1.12 bits per heavy atom. The molecule has 0 saturated carbocycles. The molecular weight excluding hydrogens is 324 g/mol. The number of ether oxygens (including phenoxy) is 3. The van der Waals surface area contributed by atoms with E-state index in [2.05, 4.69) is 4.74 Å². The molecule has 0 fully saturated rings. The minimum Gasteiger partial charge on any atom is -0.491 e. The Kier molecular flexibility index (Phi) is 6.22. The Morgan fingerprint density at radius 2 is 1.88 bits per heavy atom. The molecule has 0 saturated heterocycles. The molecule has 134 valence electrons. The number of methoxy groups -OCH3 is 1. The Morgan fingerprint density at radius 3 is 2.56 bits per heavy atom. The van der Waals surface area contributed by atoms with Gasteiger partial charge in [-0.3, -0.25) is 4.79 Å². The van der Waals surface area contributed by atoms with Crippen LogP contribution in [-0.2, 0) is 20.7 Å². The van der Waals surface area contributed by atoms with Crippen molar-refractivity contribution in [2.24, 2.45) is 0 Å². The van der Waals surface area contributed by atoms with Gasteiger partial charge in [-0.15, -0.1) is 0 Å². The molecule has 0 aliphatic carbocycles. The summed E-state index contributed by atoms with van der Waals surface area (Å²) in [7, 11) is 1.27. The number of hydrogen-bond donors (Lipinski definition) is 0. The molecule has 6 heteroatoms. The number of benzene rings is 1. The van der Waals surface area contributed by atoms with Crippen molar-refractivity contribution in [2.75, 3.05) is 7.11 Å². The van der Waals surface area contributed by atoms with Gasteiger partial charge in [-0.05, 0) is 50.6 Å². The fourth-order valence-corrected chi connectivity index (χ4v) is 2.25. The molecule has 1 unspecified atom stereocenters. The molecule has 2 aromatic rings. The molecule has 2 rings (SSSR count). The van der Waals surface area contributed by atoms with Crippen LogP contribution in [0.5, 0.6) is 5.75 Å². The largest absolute Gasteiger partial charge is 0.491 e. The van der Waals surface area contributed by atoms with Crippen molar-refractivity contribution in [3.8, 4) is 5.75 Å². The predicted octanol–water partition coefficient (Wildman–Crippen LogP) is 3.70. The summed E-state index contributed by atoms with van der Waals surface area (Å²) in [6.45, 7) is 5.55. The summed E-state index contributed by atoms with van der Waals surface area (Å²) in [6, 6.07) is 10.4. The quantitative estimate of drug-likeness (QED) is 0.712. The van der Waals surface area contributed by atoms with E-state index in [-0.39, 0.29) is 18.3 Å². The van der Waals surface area contributed by atoms with Crippen LogP contribution < -0.4 is 4.74 Å². The van der Waals surface area contributed by atoms with Gasteiger partial charge in [0, 0.05) is 0 Å². The average molecular weight is 346 g/mol. The number of rotatable bonds is 7. The molecule has 0 aliphatic rings. The van der Waals surface area contributed by atoms with Crippen LogP contribution in [0.25, 0.3) is 0 Å². The van der Waals surface area contributed by atoms with E-state index in [1.807, 2.05) is 38.1 Å². The number of carbonyl (C=O) groups excluding carboxylic acids is 2. The molecule has 0 radical (unpaired) electrons. The number of hydrogen-bond acceptors (Lipinski definition) is 6. The van der Waals surface area contributed by atoms with Crippen molar-refractivity contribution in [2.45, 2.75) is 39.4 Å². The van der Waals surface area contributed by atoms with Crippen LogP contribution in [0.4, 0.5) is 0 Å². The van der Waals surface area contributed by atoms with Gasteiger partial charge in [0.05, 0.1) is 19.6 Å². The Hall–Kier alpha value is -2.76. The topological polar surface area (TPSA) is 75.0 Å². The van der Waals surface area contributed by atoms with Crippen molar-refractivity contribution in [3.63, 3.8) is 0 Å². The van der Waals surface area contributed by atoms with Crippen molar-refractivity contribution >= 4 is 11.9 Å². The van der Waals surface area contributed by atoms with E-state index in [1.165, 1.54) is 13.2 Å². The van der Waals surface area contributed by atoms with Crippen LogP contribution in [0, 0.1) is 0 Å². The summed E-state index contributed by atoms with van der Waals surface area (Å²) in [5.74, 6) is 0.184. The number of esters is 2. The van der Waals surface area contributed by atoms with Gasteiger partial charge >= 0.3 is 11.9 Å². The lowest BCUT2D eigenvalue weighted by Gasteiger charge is -2.12. The van der Waals surface area contributed by atoms with E-state index in [0.717, 1.165) is 5.56 Å². The Balaban J connectivity index is 1.95. The first-order chi connectivity index (χ1) is 11.9. The van der Waals surface area contributed by atoms with E-state index >= 15 is 0 Å². The van der Waals surface area contributed by atoms with Gasteiger partial charge in [-0.2, -0.15) is 0 Å². The summed E-state index contributed by atoms with van der Waals surface area (Å²) < 4.78 is 20.9. The fourth-order valence-electron chi connectivity index (χ4n) is 2.25. The van der Waals surface area contributed by atoms with E-state index in [1.54, 1.807) is 13.0 Å². The minimum atomic E-state index is -0.610. The first-order valence-corrected chi connectivity index (χ1v) is 8.02. The lowest BCUT2D eigenvalue weighted by atomic mass is 10.1. The highest BCUT2D eigenvalue weighted by Gasteiger charge is 2.18. The van der Waals surface area contributed by atoms with Crippen molar-refractivity contribution < 1.29 is 28.2 Å². The third-order valence-electron chi connectivity index (χ3n) is 3.34. The summed E-state index contributed by atoms with van der Waals surface area (Å²) in [5, 5.41) is 0. The number of furan rings is 1. The van der Waals surface area contributed by atoms with Crippen LogP contribution in [0.3, 0.4) is 0 Å². The molecule has 0 bridgehead atoms. The molecule has 0 aliphatic heterocycles. The van der Waals surface area contributed by atoms with Crippen molar-refractivity contribution in [1.82, 2.24) is 0 Å². The maximum absolute atomic E-state index is 12.1. The SMILES string of the molecule is COC(=O)c1ccc(C(C)OC(=O)Cc2cccc(OC(C)C)c2)o1.